The van der Waals surface area contributed by atoms with Gasteiger partial charge in [-0.3, -0.25) is 4.79 Å². The molecule has 2 bridgehead atoms. The normalized spacial score (nSPS) is 42.5. The van der Waals surface area contributed by atoms with Gasteiger partial charge in [-0.25, -0.2) is 0 Å². The molecule has 0 aromatic heterocycles. The summed E-state index contributed by atoms with van der Waals surface area (Å²) in [5, 5.41) is 3.35. The van der Waals surface area contributed by atoms with E-state index in [-0.39, 0.29) is 5.41 Å². The second-order valence-electron chi connectivity index (χ2n) is 4.08. The first-order chi connectivity index (χ1) is 5.23. The quantitative estimate of drug-likeness (QED) is 0.608. The summed E-state index contributed by atoms with van der Waals surface area (Å²) < 4.78 is 0. The number of carbonyl (C=O) groups excluding carboxylic acids is 1. The van der Waals surface area contributed by atoms with Crippen LogP contribution in [-0.2, 0) is 4.79 Å². The number of ketones is 1. The number of rotatable bonds is 1. The first kappa shape index (κ1) is 7.29. The molecule has 2 fully saturated rings. The van der Waals surface area contributed by atoms with Crippen LogP contribution in [0.4, 0.5) is 0 Å². The molecule has 1 N–H and O–H groups in total. The Morgan fingerprint density at radius 3 is 3.09 bits per heavy atom. The van der Waals surface area contributed by atoms with Crippen molar-refractivity contribution in [2.75, 3.05) is 13.1 Å². The maximum absolute atomic E-state index is 11.3. The Labute approximate surface area is 67.4 Å². The fourth-order valence-corrected chi connectivity index (χ4v) is 2.53. The molecule has 0 radical (unpaired) electrons. The fraction of sp³-hybridized carbons (Fsp3) is 0.889. The van der Waals surface area contributed by atoms with E-state index in [1.165, 1.54) is 6.42 Å². The molecule has 2 nitrogen and oxygen atoms in total. The van der Waals surface area contributed by atoms with Crippen LogP contribution < -0.4 is 5.32 Å². The largest absolute Gasteiger partial charge is 0.315 e. The number of hydrogen-bond acceptors (Lipinski definition) is 2. The Balaban J connectivity index is 2.19. The van der Waals surface area contributed by atoms with E-state index in [0.29, 0.717) is 5.78 Å². The lowest BCUT2D eigenvalue weighted by Crippen LogP contribution is -2.43. The van der Waals surface area contributed by atoms with Crippen molar-refractivity contribution < 1.29 is 4.79 Å². The Hall–Kier alpha value is -0.370. The van der Waals surface area contributed by atoms with Gasteiger partial charge < -0.3 is 5.32 Å². The number of nitrogens with one attached hydrogen (secondary N) is 1. The molecule has 0 aromatic rings. The molecule has 11 heavy (non-hydrogen) atoms. The molecule has 1 aliphatic carbocycles. The molecule has 2 aliphatic rings. The molecule has 62 valence electrons. The van der Waals surface area contributed by atoms with Crippen molar-refractivity contribution in [3.63, 3.8) is 0 Å². The van der Waals surface area contributed by atoms with E-state index in [2.05, 4.69) is 5.32 Å². The summed E-state index contributed by atoms with van der Waals surface area (Å²) in [6.45, 7) is 3.81. The summed E-state index contributed by atoms with van der Waals surface area (Å²) >= 11 is 0. The topological polar surface area (TPSA) is 29.1 Å². The molecular weight excluding hydrogens is 138 g/mol. The molecule has 1 saturated carbocycles. The minimum atomic E-state index is 0.0446. The standard InChI is InChI=1S/C9H15NO/c1-7(11)9-3-2-8(4-9)5-10-6-9/h8,10H,2-6H2,1H3. The Bertz CT molecular complexity index is 186. The Morgan fingerprint density at radius 1 is 1.64 bits per heavy atom. The predicted octanol–water partition coefficient (Wildman–Crippen LogP) is 0.965. The first-order valence-corrected chi connectivity index (χ1v) is 4.45. The number of carbonyl (C=O) groups is 1. The van der Waals surface area contributed by atoms with Gasteiger partial charge in [0.05, 0.1) is 0 Å². The van der Waals surface area contributed by atoms with E-state index >= 15 is 0 Å². The van der Waals surface area contributed by atoms with Crippen LogP contribution in [0.15, 0.2) is 0 Å². The third-order valence-electron chi connectivity index (χ3n) is 3.35. The van der Waals surface area contributed by atoms with Crippen LogP contribution in [0.5, 0.6) is 0 Å². The van der Waals surface area contributed by atoms with Crippen molar-refractivity contribution in [1.29, 1.82) is 0 Å². The van der Waals surface area contributed by atoms with Crippen LogP contribution in [0, 0.1) is 11.3 Å². The molecule has 2 unspecified atom stereocenters. The maximum atomic E-state index is 11.3. The van der Waals surface area contributed by atoms with E-state index in [9.17, 15) is 4.79 Å². The fourth-order valence-electron chi connectivity index (χ4n) is 2.53. The third-order valence-corrected chi connectivity index (χ3v) is 3.35. The molecular formula is C9H15NO. The molecule has 2 heteroatoms. The van der Waals surface area contributed by atoms with Gasteiger partial charge in [-0.1, -0.05) is 0 Å². The van der Waals surface area contributed by atoms with Gasteiger partial charge in [0, 0.05) is 12.0 Å². The zero-order valence-electron chi connectivity index (χ0n) is 7.02. The van der Waals surface area contributed by atoms with Gasteiger partial charge in [-0.2, -0.15) is 0 Å². The second-order valence-corrected chi connectivity index (χ2v) is 4.08. The molecule has 1 saturated heterocycles. The highest BCUT2D eigenvalue weighted by Crippen LogP contribution is 2.44. The summed E-state index contributed by atoms with van der Waals surface area (Å²) in [5.74, 6) is 1.18. The summed E-state index contributed by atoms with van der Waals surface area (Å²) in [5.41, 5.74) is 0.0446. The molecule has 0 aromatic carbocycles. The van der Waals surface area contributed by atoms with Crippen LogP contribution in [0.2, 0.25) is 0 Å². The van der Waals surface area contributed by atoms with E-state index in [4.69, 9.17) is 0 Å². The summed E-state index contributed by atoms with van der Waals surface area (Å²) in [7, 11) is 0. The predicted molar refractivity (Wildman–Crippen MR) is 43.3 cm³/mol. The van der Waals surface area contributed by atoms with Crippen LogP contribution in [0.25, 0.3) is 0 Å². The van der Waals surface area contributed by atoms with Gasteiger partial charge in [-0.15, -0.1) is 0 Å². The number of hydrogen-bond donors (Lipinski definition) is 1. The molecule has 2 rings (SSSR count). The lowest BCUT2D eigenvalue weighted by Gasteiger charge is -2.31. The molecule has 1 heterocycles. The monoisotopic (exact) mass is 153 g/mol. The van der Waals surface area contributed by atoms with Crippen LogP contribution in [0.1, 0.15) is 26.2 Å². The van der Waals surface area contributed by atoms with Crippen molar-refractivity contribution in [2.45, 2.75) is 26.2 Å². The number of Topliss-reactive ketones (excluding diaryl/α,β-unsaturated/α-hetero) is 1. The van der Waals surface area contributed by atoms with Crippen molar-refractivity contribution in [3.05, 3.63) is 0 Å². The Kier molecular flexibility index (Phi) is 1.53. The van der Waals surface area contributed by atoms with Gasteiger partial charge in [0.15, 0.2) is 0 Å². The third kappa shape index (κ3) is 1.00. The van der Waals surface area contributed by atoms with Crippen LogP contribution >= 0.6 is 0 Å². The highest BCUT2D eigenvalue weighted by molar-refractivity contribution is 5.83. The SMILES string of the molecule is CC(=O)C12CCC(CNC1)C2. The molecule has 2 atom stereocenters. The van der Waals surface area contributed by atoms with Crippen LogP contribution in [-0.4, -0.2) is 18.9 Å². The van der Waals surface area contributed by atoms with Gasteiger partial charge in [-0.05, 0) is 38.6 Å². The Morgan fingerprint density at radius 2 is 2.45 bits per heavy atom. The average Bonchev–Trinajstić information content (AvgIpc) is 2.29. The van der Waals surface area contributed by atoms with Gasteiger partial charge in [0.2, 0.25) is 0 Å². The van der Waals surface area contributed by atoms with Crippen molar-refractivity contribution in [2.24, 2.45) is 11.3 Å². The summed E-state index contributed by atoms with van der Waals surface area (Å²) in [6, 6.07) is 0. The van der Waals surface area contributed by atoms with Crippen molar-refractivity contribution in [3.8, 4) is 0 Å². The summed E-state index contributed by atoms with van der Waals surface area (Å²) in [4.78, 5) is 11.3. The first-order valence-electron chi connectivity index (χ1n) is 4.45. The van der Waals surface area contributed by atoms with Gasteiger partial charge in [0.25, 0.3) is 0 Å². The molecule has 0 spiro atoms. The van der Waals surface area contributed by atoms with Crippen molar-refractivity contribution >= 4 is 5.78 Å². The number of piperidine rings is 1. The zero-order chi connectivity index (χ0) is 7.90. The highest BCUT2D eigenvalue weighted by atomic mass is 16.1. The zero-order valence-corrected chi connectivity index (χ0v) is 7.02. The second kappa shape index (κ2) is 2.31. The average molecular weight is 153 g/mol. The van der Waals surface area contributed by atoms with Gasteiger partial charge >= 0.3 is 0 Å². The maximum Gasteiger partial charge on any atom is 0.137 e. The highest BCUT2D eigenvalue weighted by Gasteiger charge is 2.45. The lowest BCUT2D eigenvalue weighted by atomic mass is 9.79. The molecule has 1 aliphatic heterocycles. The molecule has 0 amide bonds. The van der Waals surface area contributed by atoms with Gasteiger partial charge in [0.1, 0.15) is 5.78 Å². The van der Waals surface area contributed by atoms with Crippen LogP contribution in [0.3, 0.4) is 0 Å². The minimum Gasteiger partial charge on any atom is -0.315 e. The van der Waals surface area contributed by atoms with E-state index in [0.717, 1.165) is 31.8 Å². The van der Waals surface area contributed by atoms with Crippen molar-refractivity contribution in [1.82, 2.24) is 5.32 Å². The lowest BCUT2D eigenvalue weighted by molar-refractivity contribution is -0.126. The van der Waals surface area contributed by atoms with E-state index in [1.54, 1.807) is 6.92 Å². The number of fused-ring (bicyclic) bond motifs is 2. The minimum absolute atomic E-state index is 0.0446. The smallest absolute Gasteiger partial charge is 0.137 e. The van der Waals surface area contributed by atoms with E-state index < -0.39 is 0 Å². The summed E-state index contributed by atoms with van der Waals surface area (Å²) in [6.07, 6.45) is 3.53. The van der Waals surface area contributed by atoms with E-state index in [1.807, 2.05) is 0 Å².